The summed E-state index contributed by atoms with van der Waals surface area (Å²) in [6, 6.07) is 0. The molecule has 0 aromatic rings. The molecule has 0 rings (SSSR count). The first-order valence-corrected chi connectivity index (χ1v) is 7.97. The molecule has 0 aromatic carbocycles. The molecule has 0 aromatic heterocycles. The van der Waals surface area contributed by atoms with E-state index in [0.29, 0.717) is 6.61 Å². The van der Waals surface area contributed by atoms with Gasteiger partial charge in [-0.1, -0.05) is 77.6 Å². The second-order valence-corrected chi connectivity index (χ2v) is 5.28. The third-order valence-corrected chi connectivity index (χ3v) is 3.32. The Hall–Kier alpha value is -0.240. The summed E-state index contributed by atoms with van der Waals surface area (Å²) in [5, 5.41) is 0. The summed E-state index contributed by atoms with van der Waals surface area (Å²) in [5.41, 5.74) is -0.682. The van der Waals surface area contributed by atoms with Crippen LogP contribution in [-0.4, -0.2) is 12.0 Å². The Bertz CT molecular complexity index is 183. The summed E-state index contributed by atoms with van der Waals surface area (Å²) >= 11 is 5.06. The van der Waals surface area contributed by atoms with Crippen molar-refractivity contribution in [3.05, 3.63) is 0 Å². The largest absolute Gasteiger partial charge is 0.454 e. The van der Waals surface area contributed by atoms with Crippen LogP contribution in [-0.2, 0) is 4.74 Å². The minimum atomic E-state index is -0.682. The van der Waals surface area contributed by atoms with Crippen LogP contribution in [0.3, 0.4) is 0 Å². The first-order chi connectivity index (χ1) is 8.77. The molecule has 0 aliphatic carbocycles. The quantitative estimate of drug-likeness (QED) is 0.302. The van der Waals surface area contributed by atoms with Gasteiger partial charge in [-0.05, 0) is 6.42 Å². The average molecular weight is 277 g/mol. The maximum absolute atomic E-state index is 10.3. The smallest absolute Gasteiger partial charge is 0.403 e. The van der Waals surface area contributed by atoms with Crippen molar-refractivity contribution >= 4 is 17.0 Å². The normalized spacial score (nSPS) is 10.6. The van der Waals surface area contributed by atoms with E-state index >= 15 is 0 Å². The Morgan fingerprint density at radius 2 is 1.17 bits per heavy atom. The van der Waals surface area contributed by atoms with E-state index in [4.69, 9.17) is 11.6 Å². The summed E-state index contributed by atoms with van der Waals surface area (Å²) in [5.74, 6) is 0. The lowest BCUT2D eigenvalue weighted by molar-refractivity contribution is 0.170. The monoisotopic (exact) mass is 276 g/mol. The van der Waals surface area contributed by atoms with Crippen LogP contribution in [0.2, 0.25) is 0 Å². The number of unbranched alkanes of at least 4 members (excludes halogenated alkanes) is 11. The van der Waals surface area contributed by atoms with Gasteiger partial charge in [-0.25, -0.2) is 4.79 Å². The van der Waals surface area contributed by atoms with Gasteiger partial charge in [0.2, 0.25) is 0 Å². The fourth-order valence-corrected chi connectivity index (χ4v) is 2.17. The summed E-state index contributed by atoms with van der Waals surface area (Å²) in [7, 11) is 0. The lowest BCUT2D eigenvalue weighted by Crippen LogP contribution is -1.96. The predicted octanol–water partition coefficient (Wildman–Crippen LogP) is 6.06. The van der Waals surface area contributed by atoms with E-state index in [-0.39, 0.29) is 0 Å². The van der Waals surface area contributed by atoms with E-state index in [9.17, 15) is 4.79 Å². The maximum atomic E-state index is 10.3. The van der Waals surface area contributed by atoms with Crippen molar-refractivity contribution in [2.24, 2.45) is 0 Å². The lowest BCUT2D eigenvalue weighted by atomic mass is 10.1. The molecule has 2 nitrogen and oxygen atoms in total. The zero-order valence-corrected chi connectivity index (χ0v) is 12.6. The van der Waals surface area contributed by atoms with Gasteiger partial charge in [0.1, 0.15) is 0 Å². The molecule has 0 saturated carbocycles. The molecule has 0 amide bonds. The minimum absolute atomic E-state index is 0.472. The van der Waals surface area contributed by atoms with E-state index < -0.39 is 5.43 Å². The molecule has 18 heavy (non-hydrogen) atoms. The summed E-state index contributed by atoms with van der Waals surface area (Å²) in [6.07, 6.45) is 15.7. The summed E-state index contributed by atoms with van der Waals surface area (Å²) in [6.45, 7) is 2.73. The molecular weight excluding hydrogens is 248 g/mol. The third-order valence-electron chi connectivity index (χ3n) is 3.21. The highest BCUT2D eigenvalue weighted by atomic mass is 35.5. The minimum Gasteiger partial charge on any atom is -0.454 e. The molecule has 3 heteroatoms. The molecular formula is C15H29ClO2. The highest BCUT2D eigenvalue weighted by Gasteiger charge is 1.96. The van der Waals surface area contributed by atoms with Gasteiger partial charge >= 0.3 is 5.43 Å². The van der Waals surface area contributed by atoms with E-state index in [0.717, 1.165) is 12.8 Å². The Morgan fingerprint density at radius 1 is 0.778 bits per heavy atom. The van der Waals surface area contributed by atoms with Crippen LogP contribution in [0, 0.1) is 0 Å². The van der Waals surface area contributed by atoms with Crippen LogP contribution in [0.4, 0.5) is 4.79 Å². The van der Waals surface area contributed by atoms with E-state index in [1.165, 1.54) is 64.2 Å². The van der Waals surface area contributed by atoms with E-state index in [1.807, 2.05) is 0 Å². The van der Waals surface area contributed by atoms with Gasteiger partial charge in [0, 0.05) is 11.6 Å². The summed E-state index contributed by atoms with van der Waals surface area (Å²) < 4.78 is 4.66. The van der Waals surface area contributed by atoms with Crippen LogP contribution >= 0.6 is 11.6 Å². The van der Waals surface area contributed by atoms with Crippen LogP contribution in [0.5, 0.6) is 0 Å². The van der Waals surface area contributed by atoms with Crippen LogP contribution in [0.1, 0.15) is 84.0 Å². The van der Waals surface area contributed by atoms with Gasteiger partial charge in [0.15, 0.2) is 0 Å². The predicted molar refractivity (Wildman–Crippen MR) is 78.3 cm³/mol. The number of hydrogen-bond donors (Lipinski definition) is 0. The van der Waals surface area contributed by atoms with Gasteiger partial charge < -0.3 is 4.74 Å². The van der Waals surface area contributed by atoms with E-state index in [2.05, 4.69) is 11.7 Å². The molecule has 0 unspecified atom stereocenters. The van der Waals surface area contributed by atoms with Crippen molar-refractivity contribution < 1.29 is 9.53 Å². The highest BCUT2D eigenvalue weighted by Crippen LogP contribution is 2.11. The molecule has 0 spiro atoms. The Morgan fingerprint density at radius 3 is 1.56 bits per heavy atom. The fraction of sp³-hybridized carbons (Fsp3) is 0.933. The Kier molecular flexibility index (Phi) is 14.6. The molecule has 0 N–H and O–H groups in total. The maximum Gasteiger partial charge on any atom is 0.403 e. The van der Waals surface area contributed by atoms with E-state index in [1.54, 1.807) is 0 Å². The SMILES string of the molecule is CCCCCCCCCCCCCCOC(=O)Cl. The van der Waals surface area contributed by atoms with Gasteiger partial charge in [-0.3, -0.25) is 0 Å². The Labute approximate surface area is 117 Å². The van der Waals surface area contributed by atoms with Crippen molar-refractivity contribution in [2.75, 3.05) is 6.61 Å². The van der Waals surface area contributed by atoms with Crippen LogP contribution in [0.25, 0.3) is 0 Å². The molecule has 0 saturated heterocycles. The number of hydrogen-bond acceptors (Lipinski definition) is 2. The molecule has 0 aliphatic rings. The Balaban J connectivity index is 2.92. The average Bonchev–Trinajstić information content (AvgIpc) is 2.34. The molecule has 0 heterocycles. The van der Waals surface area contributed by atoms with Crippen molar-refractivity contribution in [1.29, 1.82) is 0 Å². The first-order valence-electron chi connectivity index (χ1n) is 7.59. The molecule has 108 valence electrons. The second-order valence-electron chi connectivity index (χ2n) is 4.98. The molecule has 0 bridgehead atoms. The molecule has 0 radical (unpaired) electrons. The van der Waals surface area contributed by atoms with Gasteiger partial charge in [-0.15, -0.1) is 0 Å². The van der Waals surface area contributed by atoms with Gasteiger partial charge in [0.25, 0.3) is 0 Å². The standard InChI is InChI=1S/C15H29ClO2/c1-2-3-4-5-6-7-8-9-10-11-12-13-14-18-15(16)17/h2-14H2,1H3. The zero-order valence-electron chi connectivity index (χ0n) is 11.9. The zero-order chi connectivity index (χ0) is 13.5. The fourth-order valence-electron chi connectivity index (χ4n) is 2.10. The van der Waals surface area contributed by atoms with Crippen molar-refractivity contribution in [3.63, 3.8) is 0 Å². The number of carbonyl (C=O) groups excluding carboxylic acids is 1. The number of rotatable bonds is 13. The van der Waals surface area contributed by atoms with Gasteiger partial charge in [-0.2, -0.15) is 0 Å². The number of carbonyl (C=O) groups is 1. The van der Waals surface area contributed by atoms with Crippen molar-refractivity contribution in [1.82, 2.24) is 0 Å². The summed E-state index contributed by atoms with van der Waals surface area (Å²) in [4.78, 5) is 10.3. The van der Waals surface area contributed by atoms with Crippen LogP contribution in [0.15, 0.2) is 0 Å². The third kappa shape index (κ3) is 15.8. The topological polar surface area (TPSA) is 26.3 Å². The lowest BCUT2D eigenvalue weighted by Gasteiger charge is -2.03. The molecule has 0 fully saturated rings. The van der Waals surface area contributed by atoms with Crippen molar-refractivity contribution in [3.8, 4) is 0 Å². The second kappa shape index (κ2) is 14.8. The number of halogens is 1. The van der Waals surface area contributed by atoms with Crippen molar-refractivity contribution in [2.45, 2.75) is 84.0 Å². The van der Waals surface area contributed by atoms with Gasteiger partial charge in [0.05, 0.1) is 6.61 Å². The molecule has 0 aliphatic heterocycles. The highest BCUT2D eigenvalue weighted by molar-refractivity contribution is 6.61. The first kappa shape index (κ1) is 17.8. The number of ether oxygens (including phenoxy) is 1. The van der Waals surface area contributed by atoms with Crippen LogP contribution < -0.4 is 0 Å². The molecule has 0 atom stereocenters.